The van der Waals surface area contributed by atoms with Crippen molar-refractivity contribution in [2.75, 3.05) is 0 Å². The van der Waals surface area contributed by atoms with Crippen LogP contribution in [0, 0.1) is 0 Å². The normalized spacial score (nSPS) is 12.1. The Hall–Kier alpha value is -2.08. The predicted octanol–water partition coefficient (Wildman–Crippen LogP) is 1.83. The van der Waals surface area contributed by atoms with Crippen LogP contribution in [0.2, 0.25) is 0 Å². The molecule has 0 fully saturated rings. The monoisotopic (exact) mass is 279 g/mol. The second-order valence-corrected chi connectivity index (χ2v) is 5.03. The lowest BCUT2D eigenvalue weighted by atomic mass is 10.1. The van der Waals surface area contributed by atoms with E-state index in [1.807, 2.05) is 24.4 Å². The standard InChI is InChI=1S/C13H13NO4S/c1-8(12-3-2-4-19-12)13(17)14-6-9-5-10(15)11(16)7-18-9/h2-5,7-8,16H,6H2,1H3,(H,14,17). The number of carbonyl (C=O) groups is 1. The van der Waals surface area contributed by atoms with Crippen molar-refractivity contribution >= 4 is 17.2 Å². The molecule has 6 heteroatoms. The minimum atomic E-state index is -0.526. The topological polar surface area (TPSA) is 79.5 Å². The number of rotatable bonds is 4. The van der Waals surface area contributed by atoms with Crippen LogP contribution in [0.4, 0.5) is 0 Å². The fourth-order valence-corrected chi connectivity index (χ4v) is 2.31. The van der Waals surface area contributed by atoms with Gasteiger partial charge in [-0.05, 0) is 18.4 Å². The van der Waals surface area contributed by atoms with E-state index in [0.29, 0.717) is 5.76 Å². The molecule has 0 aliphatic carbocycles. The summed E-state index contributed by atoms with van der Waals surface area (Å²) < 4.78 is 5.00. The molecule has 5 nitrogen and oxygen atoms in total. The molecule has 1 atom stereocenters. The maximum atomic E-state index is 11.9. The molecule has 1 amide bonds. The highest BCUT2D eigenvalue weighted by molar-refractivity contribution is 7.10. The molecule has 2 N–H and O–H groups in total. The molecule has 0 aliphatic rings. The summed E-state index contributed by atoms with van der Waals surface area (Å²) in [6.45, 7) is 1.93. The van der Waals surface area contributed by atoms with Crippen LogP contribution in [0.1, 0.15) is 23.5 Å². The zero-order chi connectivity index (χ0) is 13.8. The SMILES string of the molecule is CC(C(=O)NCc1cc(=O)c(O)co1)c1cccs1. The average molecular weight is 279 g/mol. The summed E-state index contributed by atoms with van der Waals surface area (Å²) in [7, 11) is 0. The van der Waals surface area contributed by atoms with Gasteiger partial charge in [0.1, 0.15) is 12.0 Å². The number of carbonyl (C=O) groups excluding carboxylic acids is 1. The molecular weight excluding hydrogens is 266 g/mol. The Labute approximate surface area is 113 Å². The predicted molar refractivity (Wildman–Crippen MR) is 71.2 cm³/mol. The van der Waals surface area contributed by atoms with Crippen LogP contribution in [-0.2, 0) is 11.3 Å². The molecule has 0 radical (unpaired) electrons. The molecule has 2 aromatic rings. The molecule has 2 heterocycles. The van der Waals surface area contributed by atoms with Gasteiger partial charge in [-0.15, -0.1) is 11.3 Å². The minimum absolute atomic E-state index is 0.115. The number of aromatic hydroxyl groups is 1. The summed E-state index contributed by atoms with van der Waals surface area (Å²) in [6.07, 6.45) is 0.965. The van der Waals surface area contributed by atoms with E-state index in [0.717, 1.165) is 17.2 Å². The van der Waals surface area contributed by atoms with E-state index in [9.17, 15) is 9.59 Å². The van der Waals surface area contributed by atoms with E-state index in [2.05, 4.69) is 5.32 Å². The van der Waals surface area contributed by atoms with Crippen molar-refractivity contribution in [1.82, 2.24) is 5.32 Å². The van der Waals surface area contributed by atoms with Gasteiger partial charge in [0.05, 0.1) is 12.5 Å². The third-order valence-electron chi connectivity index (χ3n) is 2.67. The van der Waals surface area contributed by atoms with Crippen molar-refractivity contribution in [1.29, 1.82) is 0 Å². The summed E-state index contributed by atoms with van der Waals surface area (Å²) >= 11 is 1.52. The van der Waals surface area contributed by atoms with Crippen LogP contribution in [-0.4, -0.2) is 11.0 Å². The number of amides is 1. The van der Waals surface area contributed by atoms with Crippen LogP contribution in [0.15, 0.2) is 39.1 Å². The first kappa shape index (κ1) is 13.4. The first-order chi connectivity index (χ1) is 9.08. The van der Waals surface area contributed by atoms with Gasteiger partial charge in [0.15, 0.2) is 5.75 Å². The van der Waals surface area contributed by atoms with Gasteiger partial charge in [-0.25, -0.2) is 0 Å². The van der Waals surface area contributed by atoms with E-state index in [4.69, 9.17) is 9.52 Å². The highest BCUT2D eigenvalue weighted by Gasteiger charge is 2.16. The molecule has 1 unspecified atom stereocenters. The highest BCUT2D eigenvalue weighted by Crippen LogP contribution is 2.20. The quantitative estimate of drug-likeness (QED) is 0.894. The second kappa shape index (κ2) is 5.71. The Bertz CT molecular complexity index is 618. The summed E-state index contributed by atoms with van der Waals surface area (Å²) in [5.74, 6) is -0.529. The first-order valence-electron chi connectivity index (χ1n) is 5.69. The Morgan fingerprint density at radius 2 is 2.37 bits per heavy atom. The third-order valence-corrected chi connectivity index (χ3v) is 3.72. The van der Waals surface area contributed by atoms with Crippen LogP contribution in [0.25, 0.3) is 0 Å². The Balaban J connectivity index is 1.96. The zero-order valence-corrected chi connectivity index (χ0v) is 11.1. The molecule has 0 aliphatic heterocycles. The second-order valence-electron chi connectivity index (χ2n) is 4.05. The lowest BCUT2D eigenvalue weighted by Crippen LogP contribution is -2.27. The van der Waals surface area contributed by atoms with Crippen LogP contribution in [0.3, 0.4) is 0 Å². The molecule has 0 spiro atoms. The van der Waals surface area contributed by atoms with Crippen molar-refractivity contribution in [2.45, 2.75) is 19.4 Å². The van der Waals surface area contributed by atoms with Crippen LogP contribution < -0.4 is 10.7 Å². The Morgan fingerprint density at radius 3 is 3.00 bits per heavy atom. The van der Waals surface area contributed by atoms with Crippen molar-refractivity contribution in [3.8, 4) is 5.75 Å². The van der Waals surface area contributed by atoms with Crippen molar-refractivity contribution in [2.24, 2.45) is 0 Å². The Kier molecular flexibility index (Phi) is 4.01. The molecule has 0 saturated carbocycles. The van der Waals surface area contributed by atoms with Crippen molar-refractivity contribution in [3.63, 3.8) is 0 Å². The lowest BCUT2D eigenvalue weighted by molar-refractivity contribution is -0.122. The van der Waals surface area contributed by atoms with E-state index >= 15 is 0 Å². The van der Waals surface area contributed by atoms with Gasteiger partial charge in [-0.3, -0.25) is 9.59 Å². The average Bonchev–Trinajstić information content (AvgIpc) is 2.93. The molecule has 19 heavy (non-hydrogen) atoms. The molecule has 0 bridgehead atoms. The molecular formula is C13H13NO4S. The fraction of sp³-hybridized carbons (Fsp3) is 0.231. The van der Waals surface area contributed by atoms with Gasteiger partial charge in [0, 0.05) is 10.9 Å². The number of thiophene rings is 1. The largest absolute Gasteiger partial charge is 0.502 e. The Morgan fingerprint density at radius 1 is 1.58 bits per heavy atom. The first-order valence-corrected chi connectivity index (χ1v) is 6.57. The van der Waals surface area contributed by atoms with Gasteiger partial charge < -0.3 is 14.8 Å². The lowest BCUT2D eigenvalue weighted by Gasteiger charge is -2.09. The summed E-state index contributed by atoms with van der Waals surface area (Å²) in [5.41, 5.74) is -0.526. The highest BCUT2D eigenvalue weighted by atomic mass is 32.1. The van der Waals surface area contributed by atoms with Crippen molar-refractivity contribution < 1.29 is 14.3 Å². The molecule has 0 saturated heterocycles. The summed E-state index contributed by atoms with van der Waals surface area (Å²) in [4.78, 5) is 24.1. The minimum Gasteiger partial charge on any atom is -0.502 e. The summed E-state index contributed by atoms with van der Waals surface area (Å²) in [6, 6.07) is 4.95. The smallest absolute Gasteiger partial charge is 0.228 e. The number of hydrogen-bond acceptors (Lipinski definition) is 5. The molecule has 0 aromatic carbocycles. The summed E-state index contributed by atoms with van der Waals surface area (Å²) in [5, 5.41) is 13.6. The van der Waals surface area contributed by atoms with Gasteiger partial charge in [-0.1, -0.05) is 6.07 Å². The molecule has 2 rings (SSSR count). The molecule has 2 aromatic heterocycles. The third kappa shape index (κ3) is 3.23. The maximum absolute atomic E-state index is 11.9. The van der Waals surface area contributed by atoms with Crippen molar-refractivity contribution in [3.05, 3.63) is 50.7 Å². The van der Waals surface area contributed by atoms with Gasteiger partial charge >= 0.3 is 0 Å². The van der Waals surface area contributed by atoms with Crippen LogP contribution in [0.5, 0.6) is 5.75 Å². The van der Waals surface area contributed by atoms with E-state index in [1.165, 1.54) is 11.3 Å². The van der Waals surface area contributed by atoms with Gasteiger partial charge in [0.2, 0.25) is 11.3 Å². The van der Waals surface area contributed by atoms with Crippen LogP contribution >= 0.6 is 11.3 Å². The maximum Gasteiger partial charge on any atom is 0.228 e. The van der Waals surface area contributed by atoms with Gasteiger partial charge in [-0.2, -0.15) is 0 Å². The van der Waals surface area contributed by atoms with E-state index < -0.39 is 11.2 Å². The number of nitrogens with one attached hydrogen (secondary N) is 1. The molecule has 100 valence electrons. The van der Waals surface area contributed by atoms with E-state index in [-0.39, 0.29) is 18.4 Å². The van der Waals surface area contributed by atoms with Gasteiger partial charge in [0.25, 0.3) is 0 Å². The fourth-order valence-electron chi connectivity index (χ4n) is 1.53. The number of hydrogen-bond donors (Lipinski definition) is 2. The zero-order valence-electron chi connectivity index (χ0n) is 10.3. The van der Waals surface area contributed by atoms with E-state index in [1.54, 1.807) is 0 Å².